The molecule has 5 heteroatoms. The van der Waals surface area contributed by atoms with Crippen molar-refractivity contribution in [2.75, 3.05) is 4.90 Å². The van der Waals surface area contributed by atoms with Crippen LogP contribution in [0.1, 0.15) is 105 Å². The van der Waals surface area contributed by atoms with Crippen LogP contribution in [0, 0.1) is 0 Å². The lowest BCUT2D eigenvalue weighted by Crippen LogP contribution is -2.64. The van der Waals surface area contributed by atoms with Crippen LogP contribution < -0.4 is 37.7 Å². The molecule has 6 heterocycles. The van der Waals surface area contributed by atoms with Crippen LogP contribution in [0.4, 0.5) is 17.1 Å². The molecule has 0 saturated heterocycles. The smallest absolute Gasteiger partial charge is 0.250 e. The van der Waals surface area contributed by atoms with Crippen molar-refractivity contribution < 1.29 is 0 Å². The maximum Gasteiger partial charge on any atom is 0.250 e. The van der Waals surface area contributed by atoms with E-state index in [4.69, 9.17) is 0 Å². The molecule has 11 aromatic rings. The van der Waals surface area contributed by atoms with E-state index in [-0.39, 0.29) is 35.1 Å². The third kappa shape index (κ3) is 6.02. The van der Waals surface area contributed by atoms with Crippen LogP contribution in [-0.2, 0) is 21.7 Å². The number of hydrogen-bond donors (Lipinski definition) is 0. The monoisotopic (exact) mass is 968 g/mol. The number of hydrogen-bond acceptors (Lipinski definition) is 1. The molecule has 0 fully saturated rings. The first-order valence-electron chi connectivity index (χ1n) is 27.4. The first-order chi connectivity index (χ1) is 35.8. The van der Waals surface area contributed by atoms with Crippen molar-refractivity contribution >= 4 is 107 Å². The van der Waals surface area contributed by atoms with Gasteiger partial charge in [0.15, 0.2) is 0 Å². The van der Waals surface area contributed by atoms with E-state index in [2.05, 4.69) is 261 Å². The predicted molar refractivity (Wildman–Crippen MR) is 325 cm³/mol. The molecule has 0 N–H and O–H groups in total. The number of benzene rings is 9. The van der Waals surface area contributed by atoms with Crippen LogP contribution in [0.5, 0.6) is 0 Å². The van der Waals surface area contributed by atoms with Gasteiger partial charge in [-0.05, 0) is 130 Å². The molecule has 9 aromatic carbocycles. The Balaban J connectivity index is 1.22. The van der Waals surface area contributed by atoms with E-state index in [1.54, 1.807) is 0 Å². The van der Waals surface area contributed by atoms with Crippen LogP contribution in [-0.4, -0.2) is 22.6 Å². The highest BCUT2D eigenvalue weighted by atomic mass is 15.2. The van der Waals surface area contributed by atoms with Gasteiger partial charge in [-0.1, -0.05) is 215 Å². The highest BCUT2D eigenvalue weighted by Gasteiger charge is 2.53. The minimum absolute atomic E-state index is 0.0214. The van der Waals surface area contributed by atoms with Gasteiger partial charge in [-0.3, -0.25) is 0 Å². The lowest BCUT2D eigenvalue weighted by atomic mass is 9.31. The highest BCUT2D eigenvalue weighted by molar-refractivity contribution is 7.06. The van der Waals surface area contributed by atoms with Gasteiger partial charge in [0, 0.05) is 50.0 Å². The third-order valence-corrected chi connectivity index (χ3v) is 17.9. The summed E-state index contributed by atoms with van der Waals surface area (Å²) >= 11 is 0. The van der Waals surface area contributed by atoms with Crippen LogP contribution >= 0.6 is 0 Å². The second-order valence-corrected chi connectivity index (χ2v) is 26.5. The Kier molecular flexibility index (Phi) is 8.79. The molecule has 2 aromatic heterocycles. The van der Waals surface area contributed by atoms with Gasteiger partial charge in [-0.2, -0.15) is 0 Å². The van der Waals surface area contributed by atoms with E-state index >= 15 is 0 Å². The summed E-state index contributed by atoms with van der Waals surface area (Å²) in [5.74, 6) is 0. The molecule has 364 valence electrons. The number of fused-ring (bicyclic) bond motifs is 16. The zero-order valence-electron chi connectivity index (χ0n) is 45.6. The van der Waals surface area contributed by atoms with E-state index in [1.165, 1.54) is 149 Å². The number of anilines is 3. The Morgan fingerprint density at radius 2 is 0.613 bits per heavy atom. The maximum atomic E-state index is 2.82. The summed E-state index contributed by atoms with van der Waals surface area (Å²) in [5.41, 5.74) is 30.4. The highest BCUT2D eigenvalue weighted by Crippen LogP contribution is 2.50. The summed E-state index contributed by atoms with van der Waals surface area (Å²) in [4.78, 5) is 2.82. The van der Waals surface area contributed by atoms with Crippen molar-refractivity contribution in [2.24, 2.45) is 0 Å². The van der Waals surface area contributed by atoms with Crippen LogP contribution in [0.2, 0.25) is 0 Å². The van der Waals surface area contributed by atoms with Crippen molar-refractivity contribution in [1.29, 1.82) is 0 Å². The van der Waals surface area contributed by atoms with E-state index in [0.29, 0.717) is 0 Å². The fourth-order valence-corrected chi connectivity index (χ4v) is 14.1. The Morgan fingerprint density at radius 1 is 0.293 bits per heavy atom. The molecule has 0 saturated carbocycles. The minimum Gasteiger partial charge on any atom is -0.312 e. The van der Waals surface area contributed by atoms with Gasteiger partial charge in [-0.15, -0.1) is 0 Å². The lowest BCUT2D eigenvalue weighted by molar-refractivity contribution is 0.589. The molecule has 0 aliphatic carbocycles. The molecule has 0 amide bonds. The molecule has 0 unspecified atom stereocenters. The first kappa shape index (κ1) is 44.9. The molecular weight excluding hydrogens is 904 g/mol. The maximum absolute atomic E-state index is 2.82. The van der Waals surface area contributed by atoms with Gasteiger partial charge in [0.05, 0.1) is 22.1 Å². The topological polar surface area (TPSA) is 13.1 Å². The van der Waals surface area contributed by atoms with E-state index < -0.39 is 0 Å². The standard InChI is InChI=1S/C70H63B2N3/c1-67(2,3)40-29-31-52-48(33-40)50-35-42(69(7,8)9)37-58-62(50)71(52)64-60(73-54-25-17-13-21-44(54)45-22-14-18-26-55(45)73)39-61(74-56-27-19-15-23-46(56)47-24-16-20-28-57(47)74)65-66(64)75(58)59-38-43(70(10,11)12)36-51-49-34-41(68(4,5)6)30-32-53(49)72(65)63(51)59/h13-39H,1-12H3. The molecule has 0 atom stereocenters. The molecule has 0 spiro atoms. The van der Waals surface area contributed by atoms with Crippen molar-refractivity contribution in [1.82, 2.24) is 9.13 Å². The van der Waals surface area contributed by atoms with Crippen molar-refractivity contribution in [3.05, 3.63) is 186 Å². The number of aromatic nitrogens is 2. The molecule has 0 bridgehead atoms. The minimum atomic E-state index is -0.111. The summed E-state index contributed by atoms with van der Waals surface area (Å²) in [6.07, 6.45) is 0. The molecular formula is C70H63B2N3. The van der Waals surface area contributed by atoms with Gasteiger partial charge in [0.2, 0.25) is 0 Å². The number of rotatable bonds is 2. The fraction of sp³-hybridized carbons (Fsp3) is 0.229. The Bertz CT molecular complexity index is 3980. The summed E-state index contributed by atoms with van der Waals surface area (Å²) in [6.45, 7) is 28.5. The van der Waals surface area contributed by atoms with Crippen LogP contribution in [0.15, 0.2) is 164 Å². The Hall–Kier alpha value is -7.49. The zero-order valence-corrected chi connectivity index (χ0v) is 45.6. The average Bonchev–Trinajstić information content (AvgIpc) is 4.28. The Morgan fingerprint density at radius 3 is 0.947 bits per heavy atom. The van der Waals surface area contributed by atoms with Crippen molar-refractivity contribution in [3.8, 4) is 33.6 Å². The van der Waals surface area contributed by atoms with E-state index in [1.807, 2.05) is 0 Å². The van der Waals surface area contributed by atoms with Gasteiger partial charge >= 0.3 is 0 Å². The summed E-state index contributed by atoms with van der Waals surface area (Å²) < 4.78 is 5.30. The zero-order chi connectivity index (χ0) is 51.6. The molecule has 0 radical (unpaired) electrons. The largest absolute Gasteiger partial charge is 0.312 e. The fourth-order valence-electron chi connectivity index (χ4n) is 14.1. The number of para-hydroxylation sites is 4. The lowest BCUT2D eigenvalue weighted by Gasteiger charge is -2.45. The normalized spacial score (nSPS) is 14.3. The predicted octanol–water partition coefficient (Wildman–Crippen LogP) is 14.2. The van der Waals surface area contributed by atoms with Gasteiger partial charge in [-0.25, -0.2) is 0 Å². The Labute approximate surface area is 443 Å². The van der Waals surface area contributed by atoms with Crippen molar-refractivity contribution in [2.45, 2.75) is 105 Å². The van der Waals surface area contributed by atoms with Gasteiger partial charge < -0.3 is 14.0 Å². The molecule has 3 nitrogen and oxygen atoms in total. The quantitative estimate of drug-likeness (QED) is 0.157. The van der Waals surface area contributed by atoms with E-state index in [9.17, 15) is 0 Å². The van der Waals surface area contributed by atoms with Gasteiger partial charge in [0.25, 0.3) is 13.4 Å². The number of nitrogens with zero attached hydrogens (tertiary/aromatic N) is 3. The van der Waals surface area contributed by atoms with Crippen molar-refractivity contribution in [3.63, 3.8) is 0 Å². The summed E-state index contributed by atoms with van der Waals surface area (Å²) in [6, 6.07) is 64.5. The van der Waals surface area contributed by atoms with Crippen LogP contribution in [0.3, 0.4) is 0 Å². The van der Waals surface area contributed by atoms with E-state index in [0.717, 1.165) is 0 Å². The van der Waals surface area contributed by atoms with Crippen LogP contribution in [0.25, 0.3) is 77.2 Å². The third-order valence-electron chi connectivity index (χ3n) is 17.9. The second-order valence-electron chi connectivity index (χ2n) is 26.5. The molecule has 75 heavy (non-hydrogen) atoms. The van der Waals surface area contributed by atoms with Gasteiger partial charge in [0.1, 0.15) is 0 Å². The SMILES string of the molecule is CC(C)(C)c1ccc2c(c1)-c1cc(C(C)(C)C)cc3c1B2c1c(-n2c4ccccc4c4ccccc42)cc(-n2c4ccccc4c4ccccc42)c2c1N3c1cc(C(C)(C)C)cc3c1B2c1ccc(C(C)(C)C)cc1-3. The molecule has 4 aliphatic rings. The average molecular weight is 968 g/mol. The molecule has 15 rings (SSSR count). The summed E-state index contributed by atoms with van der Waals surface area (Å²) in [5, 5.41) is 5.08. The molecule has 4 aliphatic heterocycles. The first-order valence-corrected chi connectivity index (χ1v) is 27.4. The second kappa shape index (κ2) is 14.7. The summed E-state index contributed by atoms with van der Waals surface area (Å²) in [7, 11) is 0.